The molecular formula is C13H21N. The molecule has 0 amide bonds. The van der Waals surface area contributed by atoms with E-state index in [0.29, 0.717) is 5.92 Å². The smallest absolute Gasteiger partial charge is 0.0408 e. The minimum Gasteiger partial charge on any atom is -0.261 e. The molecular weight excluding hydrogens is 170 g/mol. The highest BCUT2D eigenvalue weighted by Crippen LogP contribution is 2.11. The Morgan fingerprint density at radius 2 is 1.71 bits per heavy atom. The van der Waals surface area contributed by atoms with Crippen LogP contribution in [0, 0.1) is 11.8 Å². The first kappa shape index (κ1) is 11.2. The summed E-state index contributed by atoms with van der Waals surface area (Å²) < 4.78 is 0. The molecule has 0 aliphatic carbocycles. The number of hydrogen-bond donors (Lipinski definition) is 0. The van der Waals surface area contributed by atoms with Crippen LogP contribution in [0.1, 0.15) is 39.0 Å². The Kier molecular flexibility index (Phi) is 4.12. The normalized spacial score (nSPS) is 11.3. The van der Waals surface area contributed by atoms with Crippen LogP contribution in [-0.2, 0) is 12.8 Å². The van der Waals surface area contributed by atoms with Crippen molar-refractivity contribution in [3.8, 4) is 0 Å². The summed E-state index contributed by atoms with van der Waals surface area (Å²) in [6.45, 7) is 8.97. The van der Waals surface area contributed by atoms with E-state index < -0.39 is 0 Å². The van der Waals surface area contributed by atoms with Gasteiger partial charge in [-0.15, -0.1) is 0 Å². The maximum absolute atomic E-state index is 4.39. The molecule has 14 heavy (non-hydrogen) atoms. The average Bonchev–Trinajstić information content (AvgIpc) is 2.01. The summed E-state index contributed by atoms with van der Waals surface area (Å²) >= 11 is 0. The molecule has 1 nitrogen and oxygen atoms in total. The van der Waals surface area contributed by atoms with E-state index in [-0.39, 0.29) is 0 Å². The lowest BCUT2D eigenvalue weighted by Crippen LogP contribution is -2.00. The fourth-order valence-corrected chi connectivity index (χ4v) is 1.66. The van der Waals surface area contributed by atoms with Crippen molar-refractivity contribution >= 4 is 0 Å². The molecule has 1 aromatic heterocycles. The summed E-state index contributed by atoms with van der Waals surface area (Å²) in [6, 6.07) is 4.38. The van der Waals surface area contributed by atoms with Crippen LogP contribution in [0.4, 0.5) is 0 Å². The number of nitrogens with zero attached hydrogens (tertiary/aromatic N) is 1. The van der Waals surface area contributed by atoms with Crippen molar-refractivity contribution in [3.05, 3.63) is 29.6 Å². The van der Waals surface area contributed by atoms with E-state index in [9.17, 15) is 0 Å². The highest BCUT2D eigenvalue weighted by Gasteiger charge is 2.02. The van der Waals surface area contributed by atoms with Crippen LogP contribution in [0.5, 0.6) is 0 Å². The third-order valence-corrected chi connectivity index (χ3v) is 2.14. The molecule has 0 fully saturated rings. The molecule has 0 saturated heterocycles. The van der Waals surface area contributed by atoms with Crippen LogP contribution in [0.25, 0.3) is 0 Å². The Hall–Kier alpha value is -0.850. The van der Waals surface area contributed by atoms with Gasteiger partial charge in [0, 0.05) is 11.9 Å². The quantitative estimate of drug-likeness (QED) is 0.710. The van der Waals surface area contributed by atoms with Crippen molar-refractivity contribution in [3.63, 3.8) is 0 Å². The van der Waals surface area contributed by atoms with Crippen LogP contribution in [0.2, 0.25) is 0 Å². The van der Waals surface area contributed by atoms with Crippen LogP contribution in [0.3, 0.4) is 0 Å². The summed E-state index contributed by atoms with van der Waals surface area (Å²) in [5.41, 5.74) is 2.66. The highest BCUT2D eigenvalue weighted by molar-refractivity contribution is 5.17. The molecule has 0 bridgehead atoms. The first-order valence-corrected chi connectivity index (χ1v) is 5.51. The minimum absolute atomic E-state index is 0.691. The second-order valence-electron chi connectivity index (χ2n) is 4.85. The van der Waals surface area contributed by atoms with Crippen LogP contribution in [0.15, 0.2) is 18.3 Å². The molecule has 0 aliphatic rings. The lowest BCUT2D eigenvalue weighted by molar-refractivity contribution is 0.626. The monoisotopic (exact) mass is 191 g/mol. The summed E-state index contributed by atoms with van der Waals surface area (Å²) in [6.07, 6.45) is 4.19. The molecule has 0 atom stereocenters. The Morgan fingerprint density at radius 1 is 1.07 bits per heavy atom. The molecule has 0 aliphatic heterocycles. The van der Waals surface area contributed by atoms with E-state index in [1.54, 1.807) is 0 Å². The van der Waals surface area contributed by atoms with Crippen molar-refractivity contribution in [2.75, 3.05) is 0 Å². The summed E-state index contributed by atoms with van der Waals surface area (Å²) in [5, 5.41) is 0. The van der Waals surface area contributed by atoms with Crippen LogP contribution in [-0.4, -0.2) is 4.98 Å². The van der Waals surface area contributed by atoms with Gasteiger partial charge in [-0.1, -0.05) is 27.7 Å². The van der Waals surface area contributed by atoms with Gasteiger partial charge in [-0.2, -0.15) is 0 Å². The highest BCUT2D eigenvalue weighted by atomic mass is 14.7. The molecule has 0 aromatic carbocycles. The second kappa shape index (κ2) is 5.14. The maximum Gasteiger partial charge on any atom is 0.0408 e. The maximum atomic E-state index is 4.39. The first-order chi connectivity index (χ1) is 6.58. The Morgan fingerprint density at radius 3 is 2.29 bits per heavy atom. The van der Waals surface area contributed by atoms with Gasteiger partial charge in [0.1, 0.15) is 0 Å². The molecule has 0 saturated carbocycles. The Labute approximate surface area is 87.6 Å². The van der Waals surface area contributed by atoms with Crippen molar-refractivity contribution in [1.82, 2.24) is 4.98 Å². The zero-order chi connectivity index (χ0) is 10.6. The number of rotatable bonds is 4. The molecule has 0 N–H and O–H groups in total. The van der Waals surface area contributed by atoms with Crippen molar-refractivity contribution in [1.29, 1.82) is 0 Å². The van der Waals surface area contributed by atoms with Gasteiger partial charge in [0.2, 0.25) is 0 Å². The fourth-order valence-electron chi connectivity index (χ4n) is 1.66. The Bertz CT molecular complexity index is 251. The fraction of sp³-hybridized carbons (Fsp3) is 0.615. The predicted octanol–water partition coefficient (Wildman–Crippen LogP) is 3.48. The molecule has 1 rings (SSSR count). The molecule has 0 spiro atoms. The van der Waals surface area contributed by atoms with Crippen molar-refractivity contribution in [2.24, 2.45) is 11.8 Å². The third-order valence-electron chi connectivity index (χ3n) is 2.14. The van der Waals surface area contributed by atoms with Gasteiger partial charge in [-0.05, 0) is 42.4 Å². The first-order valence-electron chi connectivity index (χ1n) is 5.51. The molecule has 1 heteroatoms. The second-order valence-corrected chi connectivity index (χ2v) is 4.85. The van der Waals surface area contributed by atoms with Crippen LogP contribution >= 0.6 is 0 Å². The van der Waals surface area contributed by atoms with Crippen molar-refractivity contribution < 1.29 is 0 Å². The van der Waals surface area contributed by atoms with Gasteiger partial charge in [-0.3, -0.25) is 4.98 Å². The lowest BCUT2D eigenvalue weighted by Gasteiger charge is -2.08. The van der Waals surface area contributed by atoms with Gasteiger partial charge < -0.3 is 0 Å². The van der Waals surface area contributed by atoms with Gasteiger partial charge in [0.05, 0.1) is 0 Å². The van der Waals surface area contributed by atoms with E-state index in [4.69, 9.17) is 0 Å². The molecule has 0 unspecified atom stereocenters. The largest absolute Gasteiger partial charge is 0.261 e. The van der Waals surface area contributed by atoms with Gasteiger partial charge >= 0.3 is 0 Å². The minimum atomic E-state index is 0.691. The van der Waals surface area contributed by atoms with E-state index in [1.165, 1.54) is 11.3 Å². The lowest BCUT2D eigenvalue weighted by atomic mass is 10.0. The Balaban J connectivity index is 2.68. The summed E-state index contributed by atoms with van der Waals surface area (Å²) in [4.78, 5) is 4.39. The summed E-state index contributed by atoms with van der Waals surface area (Å²) in [5.74, 6) is 1.42. The third kappa shape index (κ3) is 3.91. The molecule has 1 heterocycles. The summed E-state index contributed by atoms with van der Waals surface area (Å²) in [7, 11) is 0. The molecule has 1 aromatic rings. The SMILES string of the molecule is CC(C)Cc1ccnc(CC(C)C)c1. The number of aromatic nitrogens is 1. The van der Waals surface area contributed by atoms with E-state index in [1.807, 2.05) is 6.20 Å². The average molecular weight is 191 g/mol. The topological polar surface area (TPSA) is 12.9 Å². The van der Waals surface area contributed by atoms with E-state index >= 15 is 0 Å². The van der Waals surface area contributed by atoms with Crippen molar-refractivity contribution in [2.45, 2.75) is 40.5 Å². The standard InChI is InChI=1S/C13H21N/c1-10(2)7-12-5-6-14-13(9-12)8-11(3)4/h5-6,9-11H,7-8H2,1-4H3. The zero-order valence-corrected chi connectivity index (χ0v) is 9.75. The zero-order valence-electron chi connectivity index (χ0n) is 9.75. The predicted molar refractivity (Wildman–Crippen MR) is 61.3 cm³/mol. The van der Waals surface area contributed by atoms with Gasteiger partial charge in [0.25, 0.3) is 0 Å². The van der Waals surface area contributed by atoms with Crippen LogP contribution < -0.4 is 0 Å². The van der Waals surface area contributed by atoms with Gasteiger partial charge in [-0.25, -0.2) is 0 Å². The van der Waals surface area contributed by atoms with E-state index in [0.717, 1.165) is 18.8 Å². The molecule has 78 valence electrons. The molecule has 0 radical (unpaired) electrons. The number of pyridine rings is 1. The van der Waals surface area contributed by atoms with E-state index in [2.05, 4.69) is 44.8 Å². The van der Waals surface area contributed by atoms with Gasteiger partial charge in [0.15, 0.2) is 0 Å². The number of hydrogen-bond acceptors (Lipinski definition) is 1.